The van der Waals surface area contributed by atoms with Crippen LogP contribution in [0.5, 0.6) is 0 Å². The maximum absolute atomic E-state index is 5.75. The highest BCUT2D eigenvalue weighted by atomic mass is 79.9. The summed E-state index contributed by atoms with van der Waals surface area (Å²) in [5, 5.41) is 3.48. The third-order valence-corrected chi connectivity index (χ3v) is 4.25. The van der Waals surface area contributed by atoms with Gasteiger partial charge in [0.2, 0.25) is 0 Å². The number of nitrogens with one attached hydrogen (secondary N) is 1. The van der Waals surface area contributed by atoms with Crippen LogP contribution in [0.3, 0.4) is 0 Å². The molecule has 4 heteroatoms. The largest absolute Gasteiger partial charge is 0.464 e. The summed E-state index contributed by atoms with van der Waals surface area (Å²) >= 11 is 5.35. The van der Waals surface area contributed by atoms with Crippen molar-refractivity contribution < 1.29 is 4.42 Å². The van der Waals surface area contributed by atoms with E-state index in [4.69, 9.17) is 4.42 Å². The van der Waals surface area contributed by atoms with Crippen molar-refractivity contribution in [1.29, 1.82) is 0 Å². The molecule has 1 heterocycles. The molecule has 1 atom stereocenters. The van der Waals surface area contributed by atoms with E-state index in [1.165, 1.54) is 5.56 Å². The van der Waals surface area contributed by atoms with E-state index in [0.29, 0.717) is 0 Å². The van der Waals surface area contributed by atoms with Crippen molar-refractivity contribution >= 4 is 27.7 Å². The zero-order valence-electron chi connectivity index (χ0n) is 11.2. The number of furan rings is 1. The van der Waals surface area contributed by atoms with E-state index in [2.05, 4.69) is 58.7 Å². The standard InChI is InChI=1S/C15H18BrNOS/c1-11(14-5-3-4-6-15(14)16)17-9-12-7-8-13(18-12)10-19-2/h3-8,11,17H,9-10H2,1-2H3/t11-/m1/s1. The van der Waals surface area contributed by atoms with E-state index in [0.717, 1.165) is 28.3 Å². The first-order valence-corrected chi connectivity index (χ1v) is 8.43. The average Bonchev–Trinajstić information content (AvgIpc) is 2.85. The van der Waals surface area contributed by atoms with Crippen LogP contribution in [0.15, 0.2) is 45.3 Å². The molecular weight excluding hydrogens is 322 g/mol. The summed E-state index contributed by atoms with van der Waals surface area (Å²) in [6, 6.07) is 12.7. The van der Waals surface area contributed by atoms with Crippen molar-refractivity contribution in [3.8, 4) is 0 Å². The zero-order chi connectivity index (χ0) is 13.7. The molecule has 0 aliphatic rings. The van der Waals surface area contributed by atoms with Gasteiger partial charge >= 0.3 is 0 Å². The van der Waals surface area contributed by atoms with E-state index >= 15 is 0 Å². The SMILES string of the molecule is CSCc1ccc(CN[C@H](C)c2ccccc2Br)o1. The molecule has 2 aromatic rings. The number of hydrogen-bond acceptors (Lipinski definition) is 3. The first kappa shape index (κ1) is 14.7. The van der Waals surface area contributed by atoms with E-state index in [1.807, 2.05) is 12.1 Å². The van der Waals surface area contributed by atoms with Crippen LogP contribution in [0.25, 0.3) is 0 Å². The van der Waals surface area contributed by atoms with E-state index < -0.39 is 0 Å². The van der Waals surface area contributed by atoms with Gasteiger partial charge in [-0.05, 0) is 36.9 Å². The molecule has 0 aliphatic carbocycles. The number of hydrogen-bond donors (Lipinski definition) is 1. The van der Waals surface area contributed by atoms with Gasteiger partial charge in [0.05, 0.1) is 12.3 Å². The summed E-state index contributed by atoms with van der Waals surface area (Å²) in [5.41, 5.74) is 1.26. The van der Waals surface area contributed by atoms with Crippen molar-refractivity contribution in [2.24, 2.45) is 0 Å². The Balaban J connectivity index is 1.92. The summed E-state index contributed by atoms with van der Waals surface area (Å²) in [6.45, 7) is 2.91. The quantitative estimate of drug-likeness (QED) is 0.821. The lowest BCUT2D eigenvalue weighted by molar-refractivity contribution is 0.442. The van der Waals surface area contributed by atoms with Crippen LogP contribution in [0.4, 0.5) is 0 Å². The van der Waals surface area contributed by atoms with Gasteiger partial charge in [0.1, 0.15) is 11.5 Å². The summed E-state index contributed by atoms with van der Waals surface area (Å²) in [5.74, 6) is 2.96. The van der Waals surface area contributed by atoms with Crippen LogP contribution >= 0.6 is 27.7 Å². The molecule has 0 fully saturated rings. The van der Waals surface area contributed by atoms with Gasteiger partial charge in [0.15, 0.2) is 0 Å². The van der Waals surface area contributed by atoms with Crippen LogP contribution in [0.2, 0.25) is 0 Å². The van der Waals surface area contributed by atoms with Crippen molar-refractivity contribution in [3.63, 3.8) is 0 Å². The van der Waals surface area contributed by atoms with Crippen LogP contribution in [-0.4, -0.2) is 6.26 Å². The fourth-order valence-corrected chi connectivity index (χ4v) is 2.99. The maximum atomic E-state index is 5.75. The Labute approximate surface area is 127 Å². The molecule has 19 heavy (non-hydrogen) atoms. The van der Waals surface area contributed by atoms with Crippen molar-refractivity contribution in [3.05, 3.63) is 58.0 Å². The van der Waals surface area contributed by atoms with Crippen LogP contribution in [-0.2, 0) is 12.3 Å². The molecule has 0 amide bonds. The Morgan fingerprint density at radius 1 is 1.21 bits per heavy atom. The van der Waals surface area contributed by atoms with E-state index in [-0.39, 0.29) is 6.04 Å². The lowest BCUT2D eigenvalue weighted by atomic mass is 10.1. The first-order chi connectivity index (χ1) is 9.20. The highest BCUT2D eigenvalue weighted by molar-refractivity contribution is 9.10. The minimum Gasteiger partial charge on any atom is -0.464 e. The predicted molar refractivity (Wildman–Crippen MR) is 85.3 cm³/mol. The molecule has 0 saturated carbocycles. The van der Waals surface area contributed by atoms with Crippen molar-refractivity contribution in [2.75, 3.05) is 6.26 Å². The number of halogens is 1. The summed E-state index contributed by atoms with van der Waals surface area (Å²) in [7, 11) is 0. The number of rotatable bonds is 6. The smallest absolute Gasteiger partial charge is 0.118 e. The van der Waals surface area contributed by atoms with E-state index in [1.54, 1.807) is 11.8 Å². The minimum atomic E-state index is 0.282. The minimum absolute atomic E-state index is 0.282. The van der Waals surface area contributed by atoms with Gasteiger partial charge in [0, 0.05) is 10.5 Å². The van der Waals surface area contributed by atoms with Crippen LogP contribution < -0.4 is 5.32 Å². The van der Waals surface area contributed by atoms with E-state index in [9.17, 15) is 0 Å². The fourth-order valence-electron chi connectivity index (χ4n) is 1.93. The molecule has 0 spiro atoms. The normalized spacial score (nSPS) is 12.6. The molecule has 1 N–H and O–H groups in total. The highest BCUT2D eigenvalue weighted by Gasteiger charge is 2.09. The van der Waals surface area contributed by atoms with Gasteiger partial charge in [-0.25, -0.2) is 0 Å². The third kappa shape index (κ3) is 4.13. The third-order valence-electron chi connectivity index (χ3n) is 2.96. The Kier molecular flexibility index (Phi) is 5.55. The molecule has 0 saturated heterocycles. The Bertz CT molecular complexity index is 526. The molecule has 0 bridgehead atoms. The second-order valence-corrected chi connectivity index (χ2v) is 6.15. The Morgan fingerprint density at radius 2 is 1.95 bits per heavy atom. The van der Waals surface area contributed by atoms with Gasteiger partial charge in [0.25, 0.3) is 0 Å². The van der Waals surface area contributed by atoms with Crippen molar-refractivity contribution in [1.82, 2.24) is 5.32 Å². The summed E-state index contributed by atoms with van der Waals surface area (Å²) in [6.07, 6.45) is 2.08. The second-order valence-electron chi connectivity index (χ2n) is 4.43. The van der Waals surface area contributed by atoms with Gasteiger partial charge in [-0.1, -0.05) is 34.1 Å². The number of benzene rings is 1. The molecular formula is C15H18BrNOS. The Hall–Kier alpha value is -0.710. The lowest BCUT2D eigenvalue weighted by Gasteiger charge is -2.14. The fraction of sp³-hybridized carbons (Fsp3) is 0.333. The molecule has 102 valence electrons. The van der Waals surface area contributed by atoms with Crippen molar-refractivity contribution in [2.45, 2.75) is 25.3 Å². The average molecular weight is 340 g/mol. The molecule has 2 nitrogen and oxygen atoms in total. The molecule has 0 unspecified atom stereocenters. The zero-order valence-corrected chi connectivity index (χ0v) is 13.6. The van der Waals surface area contributed by atoms with Gasteiger partial charge in [-0.2, -0.15) is 11.8 Å². The molecule has 0 radical (unpaired) electrons. The molecule has 1 aromatic heterocycles. The summed E-state index contributed by atoms with van der Waals surface area (Å²) in [4.78, 5) is 0. The Morgan fingerprint density at radius 3 is 2.68 bits per heavy atom. The monoisotopic (exact) mass is 339 g/mol. The van der Waals surface area contributed by atoms with Crippen LogP contribution in [0, 0.1) is 0 Å². The first-order valence-electron chi connectivity index (χ1n) is 6.25. The predicted octanol–water partition coefficient (Wildman–Crippen LogP) is 4.76. The summed E-state index contributed by atoms with van der Waals surface area (Å²) < 4.78 is 6.88. The van der Waals surface area contributed by atoms with Gasteiger partial charge in [-0.3, -0.25) is 0 Å². The molecule has 0 aliphatic heterocycles. The maximum Gasteiger partial charge on any atom is 0.118 e. The number of thioether (sulfide) groups is 1. The second kappa shape index (κ2) is 7.17. The highest BCUT2D eigenvalue weighted by Crippen LogP contribution is 2.23. The lowest BCUT2D eigenvalue weighted by Crippen LogP contribution is -2.18. The topological polar surface area (TPSA) is 25.2 Å². The van der Waals surface area contributed by atoms with Gasteiger partial charge < -0.3 is 9.73 Å². The molecule has 1 aromatic carbocycles. The molecule has 2 rings (SSSR count). The van der Waals surface area contributed by atoms with Crippen LogP contribution in [0.1, 0.15) is 30.0 Å². The van der Waals surface area contributed by atoms with Gasteiger partial charge in [-0.15, -0.1) is 0 Å².